The number of hydrogen-bond acceptors (Lipinski definition) is 2. The van der Waals surface area contributed by atoms with Crippen LogP contribution in [0.4, 0.5) is 0 Å². The highest BCUT2D eigenvalue weighted by Crippen LogP contribution is 2.16. The van der Waals surface area contributed by atoms with Gasteiger partial charge in [-0.05, 0) is 23.8 Å². The van der Waals surface area contributed by atoms with Crippen LogP contribution in [-0.2, 0) is 11.2 Å². The Labute approximate surface area is 98.7 Å². The van der Waals surface area contributed by atoms with Crippen molar-refractivity contribution in [2.45, 2.75) is 12.8 Å². The minimum absolute atomic E-state index is 0.00511. The summed E-state index contributed by atoms with van der Waals surface area (Å²) >= 11 is 5.78. The molecule has 84 valence electrons. The van der Waals surface area contributed by atoms with E-state index in [1.807, 2.05) is 0 Å². The van der Waals surface area contributed by atoms with Gasteiger partial charge in [0.05, 0.1) is 13.0 Å². The van der Waals surface area contributed by atoms with Crippen LogP contribution in [0.25, 0.3) is 0 Å². The molecule has 0 saturated carbocycles. The summed E-state index contributed by atoms with van der Waals surface area (Å²) in [6.45, 7) is -0.00511. The molecule has 0 saturated heterocycles. The summed E-state index contributed by atoms with van der Waals surface area (Å²) in [4.78, 5) is 10.6. The van der Waals surface area contributed by atoms with Gasteiger partial charge in [0, 0.05) is 17.0 Å². The highest BCUT2D eigenvalue weighted by atomic mass is 35.5. The second-order valence-electron chi connectivity index (χ2n) is 3.15. The van der Waals surface area contributed by atoms with Gasteiger partial charge in [-0.1, -0.05) is 23.4 Å². The van der Waals surface area contributed by atoms with E-state index in [0.29, 0.717) is 22.6 Å². The van der Waals surface area contributed by atoms with Gasteiger partial charge in [-0.25, -0.2) is 0 Å². The van der Waals surface area contributed by atoms with Crippen molar-refractivity contribution in [1.29, 1.82) is 0 Å². The van der Waals surface area contributed by atoms with Gasteiger partial charge >= 0.3 is 5.97 Å². The average Bonchev–Trinajstić information content (AvgIpc) is 2.20. The summed E-state index contributed by atoms with van der Waals surface area (Å²) in [6.07, 6.45) is 0.263. The summed E-state index contributed by atoms with van der Waals surface area (Å²) in [5.41, 5.74) is 1.23. The summed E-state index contributed by atoms with van der Waals surface area (Å²) < 4.78 is 0. The van der Waals surface area contributed by atoms with Crippen LogP contribution < -0.4 is 0 Å². The maximum atomic E-state index is 10.6. The zero-order valence-corrected chi connectivity index (χ0v) is 9.29. The highest BCUT2D eigenvalue weighted by Gasteiger charge is 2.05. The molecular weight excluding hydrogens is 228 g/mol. The number of carboxylic acid groups (broad SMARTS) is 1. The molecule has 0 aliphatic rings. The monoisotopic (exact) mass is 238 g/mol. The third-order valence-corrected chi connectivity index (χ3v) is 2.10. The third-order valence-electron chi connectivity index (χ3n) is 1.87. The first-order chi connectivity index (χ1) is 7.63. The lowest BCUT2D eigenvalue weighted by atomic mass is 10.0. The van der Waals surface area contributed by atoms with E-state index in [1.54, 1.807) is 18.2 Å². The normalized spacial score (nSPS) is 9.38. The van der Waals surface area contributed by atoms with Crippen molar-refractivity contribution < 1.29 is 15.0 Å². The van der Waals surface area contributed by atoms with E-state index < -0.39 is 5.97 Å². The van der Waals surface area contributed by atoms with Crippen molar-refractivity contribution in [1.82, 2.24) is 0 Å². The molecular formula is C12H11ClO3. The zero-order chi connectivity index (χ0) is 12.0. The van der Waals surface area contributed by atoms with E-state index in [0.717, 1.165) is 0 Å². The topological polar surface area (TPSA) is 57.5 Å². The van der Waals surface area contributed by atoms with Crippen LogP contribution in [0.3, 0.4) is 0 Å². The van der Waals surface area contributed by atoms with Crippen molar-refractivity contribution in [2.75, 3.05) is 6.61 Å². The molecule has 0 spiro atoms. The van der Waals surface area contributed by atoms with E-state index in [2.05, 4.69) is 11.8 Å². The molecule has 0 fully saturated rings. The number of carbonyl (C=O) groups is 1. The Morgan fingerprint density at radius 1 is 1.44 bits per heavy atom. The maximum absolute atomic E-state index is 10.6. The Bertz CT molecular complexity index is 443. The average molecular weight is 239 g/mol. The lowest BCUT2D eigenvalue weighted by Crippen LogP contribution is -2.02. The van der Waals surface area contributed by atoms with E-state index in [4.69, 9.17) is 21.8 Å². The van der Waals surface area contributed by atoms with Gasteiger partial charge in [0.1, 0.15) is 0 Å². The van der Waals surface area contributed by atoms with Gasteiger partial charge in [0.15, 0.2) is 0 Å². The fraction of sp³-hybridized carbons (Fsp3) is 0.250. The van der Waals surface area contributed by atoms with Gasteiger partial charge < -0.3 is 10.2 Å². The molecule has 2 N–H and O–H groups in total. The number of carboxylic acids is 1. The molecule has 4 heteroatoms. The number of aliphatic hydroxyl groups is 1. The second kappa shape index (κ2) is 6.16. The molecule has 0 heterocycles. The van der Waals surface area contributed by atoms with Gasteiger partial charge in [-0.2, -0.15) is 0 Å². The summed E-state index contributed by atoms with van der Waals surface area (Å²) in [5.74, 6) is 4.64. The second-order valence-corrected chi connectivity index (χ2v) is 3.58. The first-order valence-corrected chi connectivity index (χ1v) is 5.11. The van der Waals surface area contributed by atoms with E-state index in [1.165, 1.54) is 0 Å². The molecule has 0 aliphatic carbocycles. The highest BCUT2D eigenvalue weighted by molar-refractivity contribution is 6.30. The number of halogens is 1. The van der Waals surface area contributed by atoms with Crippen LogP contribution in [0.5, 0.6) is 0 Å². The SMILES string of the molecule is O=C(O)Cc1cc(Cl)ccc1C#CCCO. The van der Waals surface area contributed by atoms with Crippen LogP contribution in [0.15, 0.2) is 18.2 Å². The van der Waals surface area contributed by atoms with Crippen molar-refractivity contribution in [3.63, 3.8) is 0 Å². The summed E-state index contributed by atoms with van der Waals surface area (Å²) in [6, 6.07) is 4.94. The standard InChI is InChI=1S/C12H11ClO3/c13-11-5-4-9(3-1-2-6-14)10(7-11)8-12(15)16/h4-5,7,14H,2,6,8H2,(H,15,16). The predicted molar refractivity (Wildman–Crippen MR) is 61.4 cm³/mol. The molecule has 0 unspecified atom stereocenters. The number of aliphatic carboxylic acids is 1. The lowest BCUT2D eigenvalue weighted by Gasteiger charge is -2.02. The van der Waals surface area contributed by atoms with Gasteiger partial charge in [0.25, 0.3) is 0 Å². The fourth-order valence-corrected chi connectivity index (χ4v) is 1.40. The Balaban J connectivity index is 2.99. The van der Waals surface area contributed by atoms with Gasteiger partial charge in [0.2, 0.25) is 0 Å². The maximum Gasteiger partial charge on any atom is 0.307 e. The quantitative estimate of drug-likeness (QED) is 0.788. The third kappa shape index (κ3) is 3.93. The van der Waals surface area contributed by atoms with Crippen molar-refractivity contribution in [3.05, 3.63) is 34.3 Å². The Morgan fingerprint density at radius 2 is 2.19 bits per heavy atom. The minimum Gasteiger partial charge on any atom is -0.481 e. The Kier molecular flexibility index (Phi) is 4.84. The van der Waals surface area contributed by atoms with Crippen LogP contribution in [-0.4, -0.2) is 22.8 Å². The van der Waals surface area contributed by atoms with Crippen molar-refractivity contribution in [2.24, 2.45) is 0 Å². The summed E-state index contributed by atoms with van der Waals surface area (Å²) in [5, 5.41) is 17.8. The number of aliphatic hydroxyl groups excluding tert-OH is 1. The first-order valence-electron chi connectivity index (χ1n) is 4.73. The predicted octanol–water partition coefficient (Wildman–Crippen LogP) is 1.70. The van der Waals surface area contributed by atoms with Crippen molar-refractivity contribution >= 4 is 17.6 Å². The minimum atomic E-state index is -0.924. The number of benzene rings is 1. The Morgan fingerprint density at radius 3 is 2.81 bits per heavy atom. The number of hydrogen-bond donors (Lipinski definition) is 2. The van der Waals surface area contributed by atoms with Crippen molar-refractivity contribution in [3.8, 4) is 11.8 Å². The molecule has 16 heavy (non-hydrogen) atoms. The smallest absolute Gasteiger partial charge is 0.307 e. The van der Waals surface area contributed by atoms with E-state index in [9.17, 15) is 4.79 Å². The van der Waals surface area contributed by atoms with Gasteiger partial charge in [-0.3, -0.25) is 4.79 Å². The molecule has 1 rings (SSSR count). The first kappa shape index (κ1) is 12.6. The summed E-state index contributed by atoms with van der Waals surface area (Å²) in [7, 11) is 0. The van der Waals surface area contributed by atoms with Crippen LogP contribution in [0, 0.1) is 11.8 Å². The zero-order valence-electron chi connectivity index (χ0n) is 8.53. The lowest BCUT2D eigenvalue weighted by molar-refractivity contribution is -0.136. The molecule has 1 aromatic carbocycles. The molecule has 0 amide bonds. The molecule has 0 aliphatic heterocycles. The molecule has 0 radical (unpaired) electrons. The molecule has 0 aromatic heterocycles. The molecule has 0 atom stereocenters. The van der Waals surface area contributed by atoms with E-state index in [-0.39, 0.29) is 13.0 Å². The fourth-order valence-electron chi connectivity index (χ4n) is 1.21. The Hall–Kier alpha value is -1.50. The van der Waals surface area contributed by atoms with Gasteiger partial charge in [-0.15, -0.1) is 0 Å². The van der Waals surface area contributed by atoms with Crippen LogP contribution in [0.1, 0.15) is 17.5 Å². The number of rotatable bonds is 3. The van der Waals surface area contributed by atoms with E-state index >= 15 is 0 Å². The molecule has 1 aromatic rings. The molecule has 3 nitrogen and oxygen atoms in total. The largest absolute Gasteiger partial charge is 0.481 e. The molecule has 0 bridgehead atoms. The van der Waals surface area contributed by atoms with Crippen LogP contribution >= 0.6 is 11.6 Å². The van der Waals surface area contributed by atoms with Crippen LogP contribution in [0.2, 0.25) is 5.02 Å².